The van der Waals surface area contributed by atoms with Crippen LogP contribution < -0.4 is 0 Å². The second-order valence-electron chi connectivity index (χ2n) is 9.30. The highest BCUT2D eigenvalue weighted by atomic mass is 14.7. The highest BCUT2D eigenvalue weighted by molar-refractivity contribution is 5.17. The van der Waals surface area contributed by atoms with Gasteiger partial charge in [0, 0.05) is 0 Å². The number of hydrogen-bond acceptors (Lipinski definition) is 0. The van der Waals surface area contributed by atoms with Gasteiger partial charge in [-0.2, -0.15) is 0 Å². The maximum absolute atomic E-state index is 2.64. The molecule has 2 fully saturated rings. The van der Waals surface area contributed by atoms with Crippen LogP contribution in [0.3, 0.4) is 0 Å². The molecule has 0 nitrogen and oxygen atoms in total. The molecule has 118 valence electrons. The second-order valence-corrected chi connectivity index (χ2v) is 9.30. The summed E-state index contributed by atoms with van der Waals surface area (Å²) in [7, 11) is 0. The minimum Gasteiger partial charge on any atom is -0.0625 e. The van der Waals surface area contributed by atoms with Crippen molar-refractivity contribution in [3.05, 3.63) is 0 Å². The molecule has 0 N–H and O–H groups in total. The van der Waals surface area contributed by atoms with Crippen molar-refractivity contribution in [1.29, 1.82) is 0 Å². The fraction of sp³-hybridized carbons (Fsp3) is 1.00. The van der Waals surface area contributed by atoms with Crippen LogP contribution in [0.25, 0.3) is 0 Å². The van der Waals surface area contributed by atoms with Gasteiger partial charge >= 0.3 is 0 Å². The second kappa shape index (κ2) is 5.33. The van der Waals surface area contributed by atoms with Gasteiger partial charge in [0.1, 0.15) is 0 Å². The molecule has 6 atom stereocenters. The van der Waals surface area contributed by atoms with E-state index < -0.39 is 0 Å². The topological polar surface area (TPSA) is 0 Å². The number of fused-ring (bicyclic) bond motifs is 1. The van der Waals surface area contributed by atoms with Crippen LogP contribution in [-0.2, 0) is 0 Å². The largest absolute Gasteiger partial charge is 0.0625 e. The monoisotopic (exact) mass is 278 g/mol. The van der Waals surface area contributed by atoms with Gasteiger partial charge in [-0.05, 0) is 65.6 Å². The summed E-state index contributed by atoms with van der Waals surface area (Å²) in [4.78, 5) is 0. The summed E-state index contributed by atoms with van der Waals surface area (Å²) in [6.45, 7) is 20.0. The average molecular weight is 279 g/mol. The summed E-state index contributed by atoms with van der Waals surface area (Å²) in [5, 5.41) is 0. The maximum Gasteiger partial charge on any atom is -0.0212 e. The Morgan fingerprint density at radius 2 is 1.60 bits per heavy atom. The first-order valence-electron chi connectivity index (χ1n) is 9.16. The Labute approximate surface area is 128 Å². The maximum atomic E-state index is 2.64. The Morgan fingerprint density at radius 1 is 1.00 bits per heavy atom. The van der Waals surface area contributed by atoms with Crippen LogP contribution in [0, 0.1) is 46.3 Å². The molecular weight excluding hydrogens is 240 g/mol. The Bertz CT molecular complexity index is 342. The predicted molar refractivity (Wildman–Crippen MR) is 89.7 cm³/mol. The van der Waals surface area contributed by atoms with E-state index in [1.165, 1.54) is 25.7 Å². The van der Waals surface area contributed by atoms with Crippen molar-refractivity contribution < 1.29 is 0 Å². The molecule has 0 saturated heterocycles. The highest BCUT2D eigenvalue weighted by Crippen LogP contribution is 2.75. The Morgan fingerprint density at radius 3 is 2.10 bits per heavy atom. The molecule has 0 aromatic rings. The van der Waals surface area contributed by atoms with Crippen molar-refractivity contribution >= 4 is 0 Å². The molecule has 2 rings (SSSR count). The summed E-state index contributed by atoms with van der Waals surface area (Å²) in [5.41, 5.74) is 1.17. The highest BCUT2D eigenvalue weighted by Gasteiger charge is 2.69. The molecule has 2 saturated carbocycles. The average Bonchev–Trinajstić information content (AvgIpc) is 2.74. The van der Waals surface area contributed by atoms with E-state index in [2.05, 4.69) is 55.4 Å². The Hall–Kier alpha value is 0. The molecule has 6 unspecified atom stereocenters. The fourth-order valence-electron chi connectivity index (χ4n) is 5.97. The van der Waals surface area contributed by atoms with E-state index in [0.717, 1.165) is 35.5 Å². The molecule has 20 heavy (non-hydrogen) atoms. The minimum absolute atomic E-state index is 0.574. The fourth-order valence-corrected chi connectivity index (χ4v) is 5.97. The lowest BCUT2D eigenvalue weighted by Crippen LogP contribution is -2.64. The summed E-state index contributed by atoms with van der Waals surface area (Å²) in [6, 6.07) is 0. The minimum atomic E-state index is 0.574. The summed E-state index contributed by atoms with van der Waals surface area (Å²) in [5.74, 6) is 5.51. The van der Waals surface area contributed by atoms with Crippen molar-refractivity contribution in [1.82, 2.24) is 0 Å². The normalized spacial score (nSPS) is 45.6. The van der Waals surface area contributed by atoms with Crippen LogP contribution in [0.15, 0.2) is 0 Å². The SMILES string of the molecule is CC(C)C(C)CCC1(C)C2CCC(C)C2C1(C)C(C)C. The lowest BCUT2D eigenvalue weighted by atomic mass is 9.35. The van der Waals surface area contributed by atoms with Gasteiger partial charge in [-0.25, -0.2) is 0 Å². The molecule has 0 aromatic carbocycles. The Balaban J connectivity index is 2.16. The van der Waals surface area contributed by atoms with E-state index in [4.69, 9.17) is 0 Å². The molecule has 0 heteroatoms. The van der Waals surface area contributed by atoms with Gasteiger partial charge < -0.3 is 0 Å². The van der Waals surface area contributed by atoms with E-state index in [0.29, 0.717) is 10.8 Å². The number of hydrogen-bond donors (Lipinski definition) is 0. The first-order chi connectivity index (χ1) is 9.16. The quantitative estimate of drug-likeness (QED) is 0.545. The van der Waals surface area contributed by atoms with Crippen molar-refractivity contribution in [2.24, 2.45) is 46.3 Å². The van der Waals surface area contributed by atoms with Gasteiger partial charge in [-0.15, -0.1) is 0 Å². The molecule has 0 aliphatic heterocycles. The lowest BCUT2D eigenvalue weighted by molar-refractivity contribution is -0.218. The smallest absolute Gasteiger partial charge is 0.0212 e. The summed E-state index contributed by atoms with van der Waals surface area (Å²) in [6.07, 6.45) is 5.86. The molecule has 0 radical (unpaired) electrons. The van der Waals surface area contributed by atoms with Gasteiger partial charge in [-0.1, -0.05) is 61.8 Å². The standard InChI is InChI=1S/C20H38/c1-13(2)15(5)11-12-19(7)17-10-9-16(6)18(17)20(19,8)14(3)4/h13-18H,9-12H2,1-8H3. The van der Waals surface area contributed by atoms with Crippen LogP contribution >= 0.6 is 0 Å². The van der Waals surface area contributed by atoms with Crippen LogP contribution in [0.1, 0.15) is 81.1 Å². The molecule has 0 amide bonds. The van der Waals surface area contributed by atoms with Crippen molar-refractivity contribution in [2.75, 3.05) is 0 Å². The van der Waals surface area contributed by atoms with E-state index in [-0.39, 0.29) is 0 Å². The van der Waals surface area contributed by atoms with Gasteiger partial charge in [0.05, 0.1) is 0 Å². The first-order valence-corrected chi connectivity index (χ1v) is 9.16. The van der Waals surface area contributed by atoms with Crippen LogP contribution in [-0.4, -0.2) is 0 Å². The molecule has 2 aliphatic rings. The predicted octanol–water partition coefficient (Wildman–Crippen LogP) is 6.40. The molecule has 0 heterocycles. The third kappa shape index (κ3) is 2.08. The van der Waals surface area contributed by atoms with Crippen molar-refractivity contribution in [3.8, 4) is 0 Å². The van der Waals surface area contributed by atoms with Gasteiger partial charge in [0.15, 0.2) is 0 Å². The third-order valence-corrected chi connectivity index (χ3v) is 8.18. The van der Waals surface area contributed by atoms with Gasteiger partial charge in [0.2, 0.25) is 0 Å². The van der Waals surface area contributed by atoms with Crippen LogP contribution in [0.4, 0.5) is 0 Å². The zero-order chi connectivity index (χ0) is 15.3. The van der Waals surface area contributed by atoms with Crippen molar-refractivity contribution in [3.63, 3.8) is 0 Å². The van der Waals surface area contributed by atoms with E-state index in [1.807, 2.05) is 0 Å². The van der Waals surface area contributed by atoms with Crippen molar-refractivity contribution in [2.45, 2.75) is 81.1 Å². The summed E-state index contributed by atoms with van der Waals surface area (Å²) >= 11 is 0. The van der Waals surface area contributed by atoms with Crippen LogP contribution in [0.5, 0.6) is 0 Å². The zero-order valence-corrected chi connectivity index (χ0v) is 15.3. The van der Waals surface area contributed by atoms with E-state index in [9.17, 15) is 0 Å². The molecular formula is C20H38. The third-order valence-electron chi connectivity index (χ3n) is 8.18. The number of rotatable bonds is 5. The van der Waals surface area contributed by atoms with Crippen LogP contribution in [0.2, 0.25) is 0 Å². The Kier molecular flexibility index (Phi) is 4.36. The van der Waals surface area contributed by atoms with E-state index in [1.54, 1.807) is 0 Å². The van der Waals surface area contributed by atoms with E-state index >= 15 is 0 Å². The summed E-state index contributed by atoms with van der Waals surface area (Å²) < 4.78 is 0. The molecule has 0 aromatic heterocycles. The van der Waals surface area contributed by atoms with Gasteiger partial charge in [-0.3, -0.25) is 0 Å². The zero-order valence-electron chi connectivity index (χ0n) is 15.3. The van der Waals surface area contributed by atoms with Gasteiger partial charge in [0.25, 0.3) is 0 Å². The first kappa shape index (κ1) is 16.4. The lowest BCUT2D eigenvalue weighted by Gasteiger charge is -2.69. The molecule has 2 aliphatic carbocycles. The molecule has 0 spiro atoms. The molecule has 0 bridgehead atoms.